The number of rotatable bonds is 13. The smallest absolute Gasteiger partial charge is 0.163 e. The van der Waals surface area contributed by atoms with Crippen molar-refractivity contribution in [3.05, 3.63) is 513 Å². The van der Waals surface area contributed by atoms with Crippen LogP contribution in [0.4, 0.5) is 0 Å². The molecule has 0 N–H and O–H groups in total. The molecule has 0 radical (unpaired) electrons. The molecule has 0 unspecified atom stereocenters. The lowest BCUT2D eigenvalue weighted by atomic mass is 9.93. The lowest BCUT2D eigenvalue weighted by Gasteiger charge is -2.14. The molecular formula is C121H105N21. The highest BCUT2D eigenvalue weighted by molar-refractivity contribution is 5.87. The predicted molar refractivity (Wildman–Crippen MR) is 570 cm³/mol. The maximum absolute atomic E-state index is 4.55. The fourth-order valence-corrected chi connectivity index (χ4v) is 15.1. The number of hydrogen-bond donors (Lipinski definition) is 0. The van der Waals surface area contributed by atoms with E-state index in [0.717, 1.165) is 147 Å². The van der Waals surface area contributed by atoms with Crippen molar-refractivity contribution in [3.8, 4) is 146 Å². The van der Waals surface area contributed by atoms with Gasteiger partial charge in [0.1, 0.15) is 42.1 Å². The van der Waals surface area contributed by atoms with E-state index in [9.17, 15) is 0 Å². The van der Waals surface area contributed by atoms with Crippen molar-refractivity contribution in [2.45, 2.75) is 69.2 Å². The predicted octanol–water partition coefficient (Wildman–Crippen LogP) is 27.2. The molecule has 0 aliphatic carbocycles. The number of aryl methyl sites for hydroxylation is 10. The van der Waals surface area contributed by atoms with Crippen LogP contribution in [0.1, 0.15) is 56.8 Å². The summed E-state index contributed by atoms with van der Waals surface area (Å²) >= 11 is 0. The Bertz CT molecular complexity index is 7240. The van der Waals surface area contributed by atoms with Crippen LogP contribution in [0.15, 0.2) is 456 Å². The first-order valence-electron chi connectivity index (χ1n) is 46.2. The first-order chi connectivity index (χ1) is 69.7. The van der Waals surface area contributed by atoms with Crippen LogP contribution in [0.2, 0.25) is 0 Å². The van der Waals surface area contributed by atoms with Gasteiger partial charge in [0.05, 0.1) is 59.0 Å². The SMILES string of the molecule is Cc1cc(-c2ccccc2)nnc1-c1ccccc1.Cc1ccnnc1-c1ccccc1.Cc1cnnc(-c2ccccc2)c1-c1ccccc1.Cc1cnncc1-c1ccccc1.Cc1nc(-c2ccccc2)nc(-c2ccccc2)n1.Cc1ncnc(-c2ccccc2)n1.Cc1ncncn1.Cc1nnc(C)c(-c2ccccc2)c1-c1ccccc1.Cc1nncc(-c2ccccc2)c1-c1ccccc1. The second-order valence-corrected chi connectivity index (χ2v) is 32.3. The molecule has 9 aromatic heterocycles. The van der Waals surface area contributed by atoms with Gasteiger partial charge < -0.3 is 0 Å². The first kappa shape index (κ1) is 99.3. The fraction of sp³-hybridized carbons (Fsp3) is 0.0826. The van der Waals surface area contributed by atoms with Gasteiger partial charge in [0.2, 0.25) is 0 Å². The molecule has 0 saturated carbocycles. The normalized spacial score (nSPS) is 10.2. The van der Waals surface area contributed by atoms with Crippen LogP contribution in [0.25, 0.3) is 146 Å². The van der Waals surface area contributed by atoms with Crippen molar-refractivity contribution in [1.82, 2.24) is 106 Å². The Balaban J connectivity index is 0.000000128. The number of nitrogens with zero attached hydrogens (tertiary/aromatic N) is 21. The van der Waals surface area contributed by atoms with Crippen LogP contribution < -0.4 is 0 Å². The number of benzene rings is 13. The van der Waals surface area contributed by atoms with E-state index >= 15 is 0 Å². The monoisotopic (exact) mass is 1850 g/mol. The van der Waals surface area contributed by atoms with Crippen molar-refractivity contribution >= 4 is 0 Å². The average molecular weight is 1850 g/mol. The van der Waals surface area contributed by atoms with E-state index in [-0.39, 0.29) is 0 Å². The quantitative estimate of drug-likeness (QED) is 0.104. The van der Waals surface area contributed by atoms with E-state index in [2.05, 4.69) is 247 Å². The molecule has 0 atom stereocenters. The highest BCUT2D eigenvalue weighted by Gasteiger charge is 2.18. The summed E-state index contributed by atoms with van der Waals surface area (Å²) in [4.78, 5) is 36.8. The van der Waals surface area contributed by atoms with E-state index in [0.29, 0.717) is 11.6 Å². The molecule has 0 bridgehead atoms. The van der Waals surface area contributed by atoms with Crippen molar-refractivity contribution in [3.63, 3.8) is 0 Å². The van der Waals surface area contributed by atoms with Crippen molar-refractivity contribution in [1.29, 1.82) is 0 Å². The maximum Gasteiger partial charge on any atom is 0.163 e. The van der Waals surface area contributed by atoms with Crippen LogP contribution in [0.5, 0.6) is 0 Å². The second kappa shape index (κ2) is 52.5. The molecule has 0 spiro atoms. The third kappa shape index (κ3) is 28.7. The largest absolute Gasteiger partial charge is 0.225 e. The molecule has 22 rings (SSSR count). The topological polar surface area (TPSA) is 271 Å². The van der Waals surface area contributed by atoms with Crippen LogP contribution in [-0.2, 0) is 0 Å². The molecule has 0 amide bonds. The Morgan fingerprint density at radius 1 is 0.176 bits per heavy atom. The Hall–Kier alpha value is -18.6. The molecule has 21 heteroatoms. The van der Waals surface area contributed by atoms with E-state index < -0.39 is 0 Å². The third-order valence-electron chi connectivity index (χ3n) is 22.0. The summed E-state index contributed by atoms with van der Waals surface area (Å²) in [5.74, 6) is 4.39. The minimum absolute atomic E-state index is 0.715. The zero-order valence-electron chi connectivity index (χ0n) is 80.7. The summed E-state index contributed by atoms with van der Waals surface area (Å²) in [6.07, 6.45) is 13.4. The minimum atomic E-state index is 0.715. The van der Waals surface area contributed by atoms with Gasteiger partial charge in [0.25, 0.3) is 0 Å². The van der Waals surface area contributed by atoms with Crippen LogP contribution in [0.3, 0.4) is 0 Å². The standard InChI is InChI=1S/C18H16N2.3C17H14N2.C16H13N3.2C11H10N2.C10H9N3.C4H5N3/c1-13-17(15-9-5-3-6-10-15)18(14(2)20-19-13)16-11-7-4-8-12-16;1-13-17(15-10-6-3-7-11-15)16(12-18-19-13)14-8-4-2-5-9-14;1-13-12-18-19-17(15-10-6-3-7-11-15)16(13)14-8-4-2-5-9-14;1-13-12-16(14-8-4-2-5-9-14)18-19-17(13)15-10-6-3-7-11-15;1-12-17-15(13-8-4-2-5-9-13)19-16(18-12)14-10-6-3-7-11-14;1-9-7-12-13-8-11(9)10-5-3-2-4-6-10;1-9-7-8-12-13-11(9)10-5-3-2-4-6-10;1-8-11-7-12-10(13-8)9-5-3-2-4-6-9;1-4-6-2-5-3-7-4/h3-12H,1-2H3;3*2-12H,1H3;2-11H,1H3;2*2-8H,1H3;2-7H,1H3;2-3H,1H3. The van der Waals surface area contributed by atoms with Crippen LogP contribution in [-0.4, -0.2) is 106 Å². The average Bonchev–Trinajstić information content (AvgIpc) is 0.790. The zero-order chi connectivity index (χ0) is 98.7. The molecule has 0 aliphatic rings. The van der Waals surface area contributed by atoms with Crippen LogP contribution >= 0.6 is 0 Å². The Labute approximate surface area is 829 Å². The summed E-state index contributed by atoms with van der Waals surface area (Å²) in [5.41, 5.74) is 32.6. The second-order valence-electron chi connectivity index (χ2n) is 32.3. The van der Waals surface area contributed by atoms with Gasteiger partial charge >= 0.3 is 0 Å². The van der Waals surface area contributed by atoms with Gasteiger partial charge in [-0.3, -0.25) is 0 Å². The molecule has 21 nitrogen and oxygen atoms in total. The molecule has 142 heavy (non-hydrogen) atoms. The molecule has 13 aromatic carbocycles. The van der Waals surface area contributed by atoms with Crippen molar-refractivity contribution < 1.29 is 0 Å². The first-order valence-corrected chi connectivity index (χ1v) is 46.2. The third-order valence-corrected chi connectivity index (χ3v) is 22.0. The summed E-state index contributed by atoms with van der Waals surface area (Å²) in [6.45, 7) is 19.8. The van der Waals surface area contributed by atoms with Crippen molar-refractivity contribution in [2.24, 2.45) is 0 Å². The molecule has 0 fully saturated rings. The van der Waals surface area contributed by atoms with Gasteiger partial charge in [-0.15, -0.1) is 15.3 Å². The van der Waals surface area contributed by atoms with Crippen molar-refractivity contribution in [2.75, 3.05) is 0 Å². The minimum Gasteiger partial charge on any atom is -0.225 e. The van der Waals surface area contributed by atoms with Gasteiger partial charge in [-0.2, -0.15) is 45.9 Å². The summed E-state index contributed by atoms with van der Waals surface area (Å²) in [5, 5.41) is 49.7. The van der Waals surface area contributed by atoms with Gasteiger partial charge in [-0.25, -0.2) is 44.9 Å². The lowest BCUT2D eigenvalue weighted by molar-refractivity contribution is 0.946. The van der Waals surface area contributed by atoms with E-state index in [4.69, 9.17) is 0 Å². The Morgan fingerprint density at radius 2 is 0.500 bits per heavy atom. The Morgan fingerprint density at radius 3 is 0.908 bits per heavy atom. The Kier molecular flexibility index (Phi) is 36.7. The number of hydrogen-bond acceptors (Lipinski definition) is 21. The summed E-state index contributed by atoms with van der Waals surface area (Å²) < 4.78 is 0. The molecule has 0 saturated heterocycles. The number of aromatic nitrogens is 21. The molecular weight excluding hydrogens is 1750 g/mol. The highest BCUT2D eigenvalue weighted by Crippen LogP contribution is 2.38. The lowest BCUT2D eigenvalue weighted by Crippen LogP contribution is -1.99. The molecule has 694 valence electrons. The maximum atomic E-state index is 4.55. The van der Waals surface area contributed by atoms with Gasteiger partial charge in [0.15, 0.2) is 17.5 Å². The van der Waals surface area contributed by atoms with Crippen LogP contribution in [0, 0.1) is 69.2 Å². The summed E-state index contributed by atoms with van der Waals surface area (Å²) in [6, 6.07) is 136. The highest BCUT2D eigenvalue weighted by atomic mass is 15.1. The molecule has 0 aliphatic heterocycles. The van der Waals surface area contributed by atoms with E-state index in [1.807, 2.05) is 347 Å². The molecule has 22 aromatic rings. The van der Waals surface area contributed by atoms with E-state index in [1.165, 1.54) is 63.5 Å². The van der Waals surface area contributed by atoms with E-state index in [1.54, 1.807) is 18.6 Å². The van der Waals surface area contributed by atoms with Gasteiger partial charge in [-0.05, 0) is 137 Å². The van der Waals surface area contributed by atoms with Gasteiger partial charge in [-0.1, -0.05) is 394 Å². The van der Waals surface area contributed by atoms with Gasteiger partial charge in [0, 0.05) is 78.5 Å². The fourth-order valence-electron chi connectivity index (χ4n) is 15.1. The molecule has 9 heterocycles. The summed E-state index contributed by atoms with van der Waals surface area (Å²) in [7, 11) is 0. The zero-order valence-corrected chi connectivity index (χ0v) is 80.7.